The van der Waals surface area contributed by atoms with Gasteiger partial charge in [0, 0.05) is 16.3 Å². The molecule has 0 amide bonds. The molecule has 27 heavy (non-hydrogen) atoms. The second-order valence-corrected chi connectivity index (χ2v) is 7.25. The lowest BCUT2D eigenvalue weighted by atomic mass is 10.0. The van der Waals surface area contributed by atoms with E-state index in [1.807, 2.05) is 24.3 Å². The van der Waals surface area contributed by atoms with Crippen molar-refractivity contribution in [3.8, 4) is 0 Å². The van der Waals surface area contributed by atoms with Gasteiger partial charge in [0.05, 0.1) is 11.2 Å². The van der Waals surface area contributed by atoms with Crippen molar-refractivity contribution >= 4 is 40.2 Å². The molecule has 2 aromatic carbocycles. The van der Waals surface area contributed by atoms with Crippen LogP contribution in [0.5, 0.6) is 0 Å². The molecule has 0 unspecified atom stereocenters. The normalized spacial score (nSPS) is 12.2. The van der Waals surface area contributed by atoms with E-state index in [1.165, 1.54) is 23.7 Å². The first-order valence-corrected chi connectivity index (χ1v) is 9.53. The summed E-state index contributed by atoms with van der Waals surface area (Å²) in [5, 5.41) is 0.933. The van der Waals surface area contributed by atoms with Gasteiger partial charge < -0.3 is 16.2 Å². The lowest BCUT2D eigenvalue weighted by molar-refractivity contribution is 0.865. The van der Waals surface area contributed by atoms with E-state index >= 15 is 0 Å². The molecule has 5 N–H and O–H groups in total. The molecule has 0 aliphatic heterocycles. The Balaban J connectivity index is 1.85. The van der Waals surface area contributed by atoms with Crippen molar-refractivity contribution in [1.82, 2.24) is 9.71 Å². The van der Waals surface area contributed by atoms with Crippen LogP contribution in [0.1, 0.15) is 25.3 Å². The first-order chi connectivity index (χ1) is 13.1. The molecule has 5 nitrogen and oxygen atoms in total. The lowest BCUT2D eigenvalue weighted by Gasteiger charge is -2.09. The van der Waals surface area contributed by atoms with Crippen molar-refractivity contribution in [2.75, 3.05) is 5.73 Å². The third-order valence-corrected chi connectivity index (χ3v) is 4.85. The van der Waals surface area contributed by atoms with Crippen molar-refractivity contribution in [3.05, 3.63) is 72.4 Å². The summed E-state index contributed by atoms with van der Waals surface area (Å²) in [6, 6.07) is 18.0. The summed E-state index contributed by atoms with van der Waals surface area (Å²) >= 11 is 1.48. The fourth-order valence-corrected chi connectivity index (χ4v) is 3.22. The van der Waals surface area contributed by atoms with Gasteiger partial charge in [0.1, 0.15) is 11.7 Å². The first-order valence-electron chi connectivity index (χ1n) is 8.72. The van der Waals surface area contributed by atoms with Crippen LogP contribution < -0.4 is 16.2 Å². The molecule has 0 saturated heterocycles. The molecule has 1 aromatic heterocycles. The number of rotatable bonds is 5. The van der Waals surface area contributed by atoms with Crippen LogP contribution >= 0.6 is 11.9 Å². The number of nitrogen functional groups attached to an aromatic ring is 1. The molecule has 0 radical (unpaired) electrons. The fraction of sp³-hybridized carbons (Fsp3) is 0.143. The maximum atomic E-state index is 5.93. The summed E-state index contributed by atoms with van der Waals surface area (Å²) in [6.45, 7) is 4.36. The van der Waals surface area contributed by atoms with E-state index in [0.717, 1.165) is 21.5 Å². The van der Waals surface area contributed by atoms with E-state index in [9.17, 15) is 0 Å². The predicted octanol–water partition coefficient (Wildman–Crippen LogP) is 4.74. The van der Waals surface area contributed by atoms with Crippen molar-refractivity contribution < 1.29 is 0 Å². The number of anilines is 1. The number of benzene rings is 2. The topological polar surface area (TPSA) is 89.3 Å². The monoisotopic (exact) mass is 377 g/mol. The van der Waals surface area contributed by atoms with E-state index < -0.39 is 0 Å². The number of aromatic nitrogens is 1. The Kier molecular flexibility index (Phi) is 5.98. The van der Waals surface area contributed by atoms with E-state index in [4.69, 9.17) is 16.5 Å². The third-order valence-electron chi connectivity index (χ3n) is 4.03. The molecule has 0 fully saturated rings. The highest BCUT2D eigenvalue weighted by molar-refractivity contribution is 7.98. The molecule has 0 aliphatic carbocycles. The minimum absolute atomic E-state index is 0.431. The van der Waals surface area contributed by atoms with Crippen LogP contribution in [-0.2, 0) is 0 Å². The Hall–Kier alpha value is -2.99. The van der Waals surface area contributed by atoms with E-state index in [1.54, 1.807) is 12.1 Å². The second kappa shape index (κ2) is 8.60. The molecular weight excluding hydrogens is 354 g/mol. The van der Waals surface area contributed by atoms with E-state index in [0.29, 0.717) is 17.6 Å². The number of nitrogens with two attached hydrogens (primary N) is 2. The molecule has 1 heterocycles. The van der Waals surface area contributed by atoms with Gasteiger partial charge in [-0.3, -0.25) is 0 Å². The summed E-state index contributed by atoms with van der Waals surface area (Å²) in [5.41, 5.74) is 14.4. The SMILES string of the molecule is CC(C)c1ccc(SNC(C=CN)=Nc2cc(N)nc3ccccc23)cc1. The minimum Gasteiger partial charge on any atom is -0.404 e. The van der Waals surface area contributed by atoms with Crippen LogP contribution in [0.25, 0.3) is 10.9 Å². The number of amidine groups is 1. The van der Waals surface area contributed by atoms with Gasteiger partial charge in [-0.05, 0) is 53.9 Å². The number of aliphatic imine (C=N–C) groups is 1. The van der Waals surface area contributed by atoms with Crippen molar-refractivity contribution in [3.63, 3.8) is 0 Å². The van der Waals surface area contributed by atoms with Crippen LogP contribution in [0.4, 0.5) is 11.5 Å². The molecule has 0 atom stereocenters. The molecular formula is C21H23N5S. The van der Waals surface area contributed by atoms with Gasteiger partial charge in [-0.2, -0.15) is 0 Å². The predicted molar refractivity (Wildman–Crippen MR) is 116 cm³/mol. The van der Waals surface area contributed by atoms with Crippen LogP contribution in [0, 0.1) is 0 Å². The number of fused-ring (bicyclic) bond motifs is 1. The zero-order valence-corrected chi connectivity index (χ0v) is 16.2. The molecule has 138 valence electrons. The first kappa shape index (κ1) is 18.8. The van der Waals surface area contributed by atoms with Gasteiger partial charge in [0.25, 0.3) is 0 Å². The third kappa shape index (κ3) is 4.80. The number of nitrogens with one attached hydrogen (secondary N) is 1. The number of hydrogen-bond donors (Lipinski definition) is 3. The number of pyridine rings is 1. The lowest BCUT2D eigenvalue weighted by Crippen LogP contribution is -2.13. The average molecular weight is 378 g/mol. The highest BCUT2D eigenvalue weighted by Gasteiger charge is 2.05. The molecule has 0 spiro atoms. The summed E-state index contributed by atoms with van der Waals surface area (Å²) in [4.78, 5) is 10.1. The van der Waals surface area contributed by atoms with Gasteiger partial charge in [-0.25, -0.2) is 9.98 Å². The highest BCUT2D eigenvalue weighted by Crippen LogP contribution is 2.27. The number of para-hydroxylation sites is 1. The molecule has 3 rings (SSSR count). The molecule has 6 heteroatoms. The summed E-state index contributed by atoms with van der Waals surface area (Å²) in [6.07, 6.45) is 3.18. The van der Waals surface area contributed by atoms with Crippen LogP contribution in [0.2, 0.25) is 0 Å². The zero-order chi connectivity index (χ0) is 19.2. The quantitative estimate of drug-likeness (QED) is 0.339. The largest absolute Gasteiger partial charge is 0.404 e. The minimum atomic E-state index is 0.431. The Morgan fingerprint density at radius 3 is 2.59 bits per heavy atom. The summed E-state index contributed by atoms with van der Waals surface area (Å²) in [5.74, 6) is 1.58. The van der Waals surface area contributed by atoms with Crippen LogP contribution in [0.3, 0.4) is 0 Å². The van der Waals surface area contributed by atoms with E-state index in [-0.39, 0.29) is 0 Å². The summed E-state index contributed by atoms with van der Waals surface area (Å²) in [7, 11) is 0. The second-order valence-electron chi connectivity index (χ2n) is 6.37. The molecule has 3 aromatic rings. The van der Waals surface area contributed by atoms with Crippen molar-refractivity contribution in [2.45, 2.75) is 24.7 Å². The van der Waals surface area contributed by atoms with Crippen molar-refractivity contribution in [1.29, 1.82) is 0 Å². The average Bonchev–Trinajstić information content (AvgIpc) is 2.66. The smallest absolute Gasteiger partial charge is 0.138 e. The van der Waals surface area contributed by atoms with Crippen LogP contribution in [-0.4, -0.2) is 10.8 Å². The molecule has 0 aliphatic rings. The Morgan fingerprint density at radius 2 is 1.89 bits per heavy atom. The van der Waals surface area contributed by atoms with Crippen molar-refractivity contribution in [2.24, 2.45) is 10.7 Å². The fourth-order valence-electron chi connectivity index (χ4n) is 2.62. The zero-order valence-electron chi connectivity index (χ0n) is 15.4. The van der Waals surface area contributed by atoms with E-state index in [2.05, 4.69) is 47.8 Å². The Bertz CT molecular complexity index is 978. The molecule has 0 saturated carbocycles. The highest BCUT2D eigenvalue weighted by atomic mass is 32.2. The standard InChI is InChI=1S/C21H23N5S/c1-14(2)15-7-9-16(10-8-15)27-26-21(11-12-22)25-19-13-20(23)24-18-6-4-3-5-17(18)19/h3-14H,22H2,1-2H3,(H3,23,24,25,26). The van der Waals surface area contributed by atoms with Gasteiger partial charge in [0.15, 0.2) is 0 Å². The summed E-state index contributed by atoms with van der Waals surface area (Å²) < 4.78 is 3.26. The number of nitrogens with zero attached hydrogens (tertiary/aromatic N) is 2. The Labute approximate surface area is 163 Å². The Morgan fingerprint density at radius 1 is 1.15 bits per heavy atom. The van der Waals surface area contributed by atoms with Gasteiger partial charge in [-0.1, -0.05) is 44.2 Å². The number of hydrogen-bond acceptors (Lipinski definition) is 5. The molecule has 0 bridgehead atoms. The van der Waals surface area contributed by atoms with Crippen LogP contribution in [0.15, 0.2) is 76.8 Å². The van der Waals surface area contributed by atoms with Gasteiger partial charge >= 0.3 is 0 Å². The van der Waals surface area contributed by atoms with Gasteiger partial charge in [-0.15, -0.1) is 0 Å². The maximum Gasteiger partial charge on any atom is 0.138 e. The maximum absolute atomic E-state index is 5.93. The van der Waals surface area contributed by atoms with Gasteiger partial charge in [0.2, 0.25) is 0 Å².